The lowest BCUT2D eigenvalue weighted by atomic mass is 10.2. The highest BCUT2D eigenvalue weighted by Crippen LogP contribution is 2.30. The number of anilines is 2. The molecule has 9 nitrogen and oxygen atoms in total. The Morgan fingerprint density at radius 1 is 1.24 bits per heavy atom. The van der Waals surface area contributed by atoms with Crippen molar-refractivity contribution in [1.29, 1.82) is 0 Å². The summed E-state index contributed by atoms with van der Waals surface area (Å²) in [5, 5.41) is 6.03. The Hall–Kier alpha value is -2.85. The summed E-state index contributed by atoms with van der Waals surface area (Å²) in [6.45, 7) is 3.59. The summed E-state index contributed by atoms with van der Waals surface area (Å²) in [5.41, 5.74) is 1.51. The van der Waals surface area contributed by atoms with Gasteiger partial charge < -0.3 is 19.5 Å². The maximum Gasteiger partial charge on any atom is 0.413 e. The van der Waals surface area contributed by atoms with Crippen LogP contribution in [0.2, 0.25) is 0 Å². The van der Waals surface area contributed by atoms with Gasteiger partial charge in [-0.1, -0.05) is 11.3 Å². The number of rotatable bonds is 7. The van der Waals surface area contributed by atoms with Crippen LogP contribution in [-0.4, -0.2) is 55.8 Å². The molecule has 29 heavy (non-hydrogen) atoms. The van der Waals surface area contributed by atoms with E-state index in [0.29, 0.717) is 48.4 Å². The van der Waals surface area contributed by atoms with Gasteiger partial charge in [0.25, 0.3) is 0 Å². The first kappa shape index (κ1) is 20.9. The minimum absolute atomic E-state index is 0.144. The van der Waals surface area contributed by atoms with Gasteiger partial charge in [0, 0.05) is 30.5 Å². The minimum Gasteiger partial charge on any atom is -0.497 e. The lowest BCUT2D eigenvalue weighted by molar-refractivity contribution is -0.117. The van der Waals surface area contributed by atoms with Gasteiger partial charge in [-0.15, -0.1) is 0 Å². The van der Waals surface area contributed by atoms with Crippen LogP contribution >= 0.6 is 11.3 Å². The Morgan fingerprint density at radius 2 is 2.07 bits per heavy atom. The molecule has 2 aromatic rings. The first-order valence-electron chi connectivity index (χ1n) is 9.19. The van der Waals surface area contributed by atoms with E-state index in [0.717, 1.165) is 10.6 Å². The number of nitrogens with zero attached hydrogens (tertiary/aromatic N) is 2. The summed E-state index contributed by atoms with van der Waals surface area (Å²) in [6.07, 6.45) is 0.202. The molecule has 0 atom stereocenters. The van der Waals surface area contributed by atoms with E-state index in [4.69, 9.17) is 14.2 Å². The van der Waals surface area contributed by atoms with Crippen LogP contribution in [0.25, 0.3) is 0 Å². The van der Waals surface area contributed by atoms with E-state index in [-0.39, 0.29) is 12.5 Å². The number of nitrogens with one attached hydrogen (secondary N) is 2. The van der Waals surface area contributed by atoms with Crippen LogP contribution in [0.3, 0.4) is 0 Å². The average molecular weight is 420 g/mol. The third-order valence-electron chi connectivity index (χ3n) is 4.34. The predicted molar refractivity (Wildman–Crippen MR) is 110 cm³/mol. The molecule has 0 saturated carbocycles. The van der Waals surface area contributed by atoms with Gasteiger partial charge in [0.2, 0.25) is 5.91 Å². The maximum atomic E-state index is 12.5. The van der Waals surface area contributed by atoms with Gasteiger partial charge in [-0.3, -0.25) is 15.0 Å². The first-order valence-corrected chi connectivity index (χ1v) is 10.0. The molecule has 0 radical (unpaired) electrons. The molecule has 0 bridgehead atoms. The lowest BCUT2D eigenvalue weighted by Crippen LogP contribution is -2.36. The smallest absolute Gasteiger partial charge is 0.413 e. The van der Waals surface area contributed by atoms with Crippen molar-refractivity contribution in [1.82, 2.24) is 9.88 Å². The SMILES string of the molecule is CCOC(=O)Nc1nc2c(s1)CN(CC(=O)Nc1cc(OC)ccc1OC)CC2. The van der Waals surface area contributed by atoms with Gasteiger partial charge in [-0.05, 0) is 19.1 Å². The number of aromatic nitrogens is 1. The Morgan fingerprint density at radius 3 is 2.79 bits per heavy atom. The van der Waals surface area contributed by atoms with Crippen molar-refractivity contribution < 1.29 is 23.8 Å². The van der Waals surface area contributed by atoms with E-state index in [2.05, 4.69) is 15.6 Å². The van der Waals surface area contributed by atoms with E-state index in [1.54, 1.807) is 39.3 Å². The second-order valence-electron chi connectivity index (χ2n) is 6.31. The fourth-order valence-corrected chi connectivity index (χ4v) is 4.03. The molecule has 10 heteroatoms. The van der Waals surface area contributed by atoms with Crippen LogP contribution in [0.5, 0.6) is 11.5 Å². The van der Waals surface area contributed by atoms with Crippen molar-refractivity contribution in [2.45, 2.75) is 19.9 Å². The standard InChI is InChI=1S/C19H24N4O5S/c1-4-28-19(25)22-18-21-13-7-8-23(10-16(13)29-18)11-17(24)20-14-9-12(26-2)5-6-15(14)27-3/h5-6,9H,4,7-8,10-11H2,1-3H3,(H,20,24)(H,21,22,25). The Kier molecular flexibility index (Phi) is 6.89. The molecule has 0 aliphatic carbocycles. The van der Waals surface area contributed by atoms with Crippen molar-refractivity contribution in [3.63, 3.8) is 0 Å². The Labute approximate surface area is 173 Å². The first-order chi connectivity index (χ1) is 14.0. The highest BCUT2D eigenvalue weighted by atomic mass is 32.1. The van der Waals surface area contributed by atoms with E-state index >= 15 is 0 Å². The fraction of sp³-hybridized carbons (Fsp3) is 0.421. The number of carbonyl (C=O) groups excluding carboxylic acids is 2. The summed E-state index contributed by atoms with van der Waals surface area (Å²) in [7, 11) is 3.12. The van der Waals surface area contributed by atoms with Crippen LogP contribution in [-0.2, 0) is 22.5 Å². The van der Waals surface area contributed by atoms with E-state index in [1.165, 1.54) is 11.3 Å². The molecule has 2 heterocycles. The molecule has 2 N–H and O–H groups in total. The summed E-state index contributed by atoms with van der Waals surface area (Å²) >= 11 is 1.40. The van der Waals surface area contributed by atoms with Crippen molar-refractivity contribution in [2.24, 2.45) is 0 Å². The number of fused-ring (bicyclic) bond motifs is 1. The number of amides is 2. The van der Waals surface area contributed by atoms with Gasteiger partial charge in [0.1, 0.15) is 11.5 Å². The highest BCUT2D eigenvalue weighted by Gasteiger charge is 2.23. The molecule has 0 saturated heterocycles. The molecule has 156 valence electrons. The van der Waals surface area contributed by atoms with Gasteiger partial charge in [0.15, 0.2) is 5.13 Å². The third kappa shape index (κ3) is 5.36. The third-order valence-corrected chi connectivity index (χ3v) is 5.34. The van der Waals surface area contributed by atoms with Crippen LogP contribution in [0.1, 0.15) is 17.5 Å². The Balaban J connectivity index is 1.59. The molecule has 2 amide bonds. The van der Waals surface area contributed by atoms with E-state index in [1.807, 2.05) is 4.90 Å². The predicted octanol–water partition coefficient (Wildman–Crippen LogP) is 2.73. The van der Waals surface area contributed by atoms with Crippen molar-refractivity contribution in [2.75, 3.05) is 44.5 Å². The molecule has 0 unspecified atom stereocenters. The second kappa shape index (κ2) is 9.57. The molecular formula is C19H24N4O5S. The molecule has 1 aliphatic rings. The zero-order chi connectivity index (χ0) is 20.8. The second-order valence-corrected chi connectivity index (χ2v) is 7.39. The largest absolute Gasteiger partial charge is 0.497 e. The number of hydrogen-bond donors (Lipinski definition) is 2. The topological polar surface area (TPSA) is 102 Å². The van der Waals surface area contributed by atoms with Crippen LogP contribution < -0.4 is 20.1 Å². The summed E-state index contributed by atoms with van der Waals surface area (Å²) < 4.78 is 15.4. The van der Waals surface area contributed by atoms with Crippen LogP contribution in [0.4, 0.5) is 15.6 Å². The number of ether oxygens (including phenoxy) is 3. The average Bonchev–Trinajstić information content (AvgIpc) is 3.09. The molecule has 1 aromatic carbocycles. The van der Waals surface area contributed by atoms with Gasteiger partial charge in [0.05, 0.1) is 38.8 Å². The fourth-order valence-electron chi connectivity index (χ4n) is 3.00. The van der Waals surface area contributed by atoms with Crippen LogP contribution in [0, 0.1) is 0 Å². The van der Waals surface area contributed by atoms with Crippen molar-refractivity contribution in [3.05, 3.63) is 28.8 Å². The minimum atomic E-state index is -0.512. The van der Waals surface area contributed by atoms with Gasteiger partial charge in [-0.2, -0.15) is 0 Å². The van der Waals surface area contributed by atoms with Gasteiger partial charge >= 0.3 is 6.09 Å². The van der Waals surface area contributed by atoms with Crippen molar-refractivity contribution >= 4 is 34.2 Å². The van der Waals surface area contributed by atoms with Crippen molar-refractivity contribution in [3.8, 4) is 11.5 Å². The lowest BCUT2D eigenvalue weighted by Gasteiger charge is -2.25. The number of methoxy groups -OCH3 is 2. The maximum absolute atomic E-state index is 12.5. The quantitative estimate of drug-likeness (QED) is 0.710. The van der Waals surface area contributed by atoms with E-state index < -0.39 is 6.09 Å². The monoisotopic (exact) mass is 420 g/mol. The number of thiazole rings is 1. The molecule has 0 spiro atoms. The Bertz CT molecular complexity index is 885. The normalized spacial score (nSPS) is 13.3. The number of benzene rings is 1. The summed E-state index contributed by atoms with van der Waals surface area (Å²) in [6, 6.07) is 5.24. The summed E-state index contributed by atoms with van der Waals surface area (Å²) in [5.74, 6) is 1.06. The zero-order valence-electron chi connectivity index (χ0n) is 16.6. The van der Waals surface area contributed by atoms with Gasteiger partial charge in [-0.25, -0.2) is 9.78 Å². The summed E-state index contributed by atoms with van der Waals surface area (Å²) in [4.78, 5) is 31.6. The zero-order valence-corrected chi connectivity index (χ0v) is 17.4. The number of hydrogen-bond acceptors (Lipinski definition) is 8. The van der Waals surface area contributed by atoms with Crippen LogP contribution in [0.15, 0.2) is 18.2 Å². The highest BCUT2D eigenvalue weighted by molar-refractivity contribution is 7.15. The molecular weight excluding hydrogens is 396 g/mol. The molecule has 1 aliphatic heterocycles. The number of carbonyl (C=O) groups is 2. The molecule has 3 rings (SSSR count). The van der Waals surface area contributed by atoms with E-state index in [9.17, 15) is 9.59 Å². The molecule has 0 fully saturated rings. The molecule has 1 aromatic heterocycles.